The zero-order chi connectivity index (χ0) is 26.7. The summed E-state index contributed by atoms with van der Waals surface area (Å²) in [6.07, 6.45) is 3.39. The van der Waals surface area contributed by atoms with Gasteiger partial charge in [-0.1, -0.05) is 40.2 Å². The molecule has 0 bridgehead atoms. The Morgan fingerprint density at radius 2 is 1.92 bits per heavy atom. The second kappa shape index (κ2) is 11.3. The summed E-state index contributed by atoms with van der Waals surface area (Å²) in [7, 11) is 0. The first-order valence-electron chi connectivity index (χ1n) is 12.5. The van der Waals surface area contributed by atoms with Crippen molar-refractivity contribution in [3.63, 3.8) is 0 Å². The van der Waals surface area contributed by atoms with Crippen molar-refractivity contribution in [3.8, 4) is 0 Å². The third-order valence-electron chi connectivity index (χ3n) is 7.01. The van der Waals surface area contributed by atoms with Crippen LogP contribution in [0.1, 0.15) is 39.7 Å². The van der Waals surface area contributed by atoms with E-state index in [9.17, 15) is 14.4 Å². The topological polar surface area (TPSA) is 74.7 Å². The number of benzene rings is 2. The zero-order valence-corrected chi connectivity index (χ0v) is 23.2. The highest BCUT2D eigenvalue weighted by Crippen LogP contribution is 2.31. The van der Waals surface area contributed by atoms with Crippen LogP contribution in [0, 0.1) is 13.8 Å². The second-order valence-electron chi connectivity index (χ2n) is 9.63. The molecule has 2 aliphatic rings. The van der Waals surface area contributed by atoms with Crippen molar-refractivity contribution in [1.29, 1.82) is 0 Å². The Labute approximate surface area is 226 Å². The molecule has 3 heterocycles. The number of fused-ring (bicyclic) bond motifs is 2. The number of rotatable bonds is 5. The fourth-order valence-electron chi connectivity index (χ4n) is 5.17. The molecule has 1 saturated heterocycles. The first kappa shape index (κ1) is 26.7. The van der Waals surface area contributed by atoms with Crippen LogP contribution in [0.4, 0.5) is 0 Å². The quantitative estimate of drug-likeness (QED) is 0.369. The normalized spacial score (nSPS) is 14.8. The summed E-state index contributed by atoms with van der Waals surface area (Å²) in [5, 5.41) is 3.83. The van der Waals surface area contributed by atoms with Gasteiger partial charge in [0, 0.05) is 47.2 Å². The molecule has 8 heteroatoms. The second-order valence-corrected chi connectivity index (χ2v) is 10.5. The minimum atomic E-state index is -0.125. The van der Waals surface area contributed by atoms with Crippen LogP contribution in [-0.2, 0) is 29.1 Å². The average molecular weight is 566 g/mol. The number of halogens is 1. The van der Waals surface area contributed by atoms with Crippen LogP contribution in [-0.4, -0.2) is 58.3 Å². The standard InChI is InChI=1S/C26H27BrN4O3.C3H6/c1-16-4-3-5-18-11-30(9-8-21(16)18)26(34)25-17(2)31(23-7-6-19(27)10-22(23)25)14-24(33)28-20-12-29(13-20)15-32;1-3-2/h3-7,10,15,20H,8-9,11-14H2,1-2H3,(H,28,33);3H,1H2,2H3. The Hall–Kier alpha value is -3.39. The van der Waals surface area contributed by atoms with Crippen molar-refractivity contribution in [2.75, 3.05) is 19.6 Å². The molecule has 0 aliphatic carbocycles. The lowest BCUT2D eigenvalue weighted by atomic mass is 9.95. The highest BCUT2D eigenvalue weighted by Gasteiger charge is 2.30. The van der Waals surface area contributed by atoms with Gasteiger partial charge < -0.3 is 19.7 Å². The average Bonchev–Trinajstić information content (AvgIpc) is 3.11. The third kappa shape index (κ3) is 5.49. The fraction of sp³-hybridized carbons (Fsp3) is 0.345. The van der Waals surface area contributed by atoms with Crippen molar-refractivity contribution in [3.05, 3.63) is 81.5 Å². The van der Waals surface area contributed by atoms with Crippen LogP contribution >= 0.6 is 15.9 Å². The molecule has 3 amide bonds. The minimum absolute atomic E-state index is 0.00691. The number of likely N-dealkylation sites (tertiary alicyclic amines) is 1. The molecule has 7 nitrogen and oxygen atoms in total. The Morgan fingerprint density at radius 1 is 1.19 bits per heavy atom. The highest BCUT2D eigenvalue weighted by molar-refractivity contribution is 9.10. The SMILES string of the molecule is C=CC.Cc1cccc2c1CCN(C(=O)c1c(C)n(CC(=O)NC3CN(C=O)C3)c3ccc(Br)cc13)C2. The van der Waals surface area contributed by atoms with Crippen LogP contribution in [0.5, 0.6) is 0 Å². The van der Waals surface area contributed by atoms with E-state index in [1.54, 1.807) is 11.0 Å². The first-order valence-corrected chi connectivity index (χ1v) is 13.3. The van der Waals surface area contributed by atoms with Crippen molar-refractivity contribution >= 4 is 45.1 Å². The molecule has 5 rings (SSSR count). The van der Waals surface area contributed by atoms with Gasteiger partial charge in [-0.15, -0.1) is 6.58 Å². The van der Waals surface area contributed by atoms with E-state index < -0.39 is 0 Å². The van der Waals surface area contributed by atoms with E-state index in [4.69, 9.17) is 0 Å². The molecule has 194 valence electrons. The van der Waals surface area contributed by atoms with E-state index in [-0.39, 0.29) is 24.4 Å². The van der Waals surface area contributed by atoms with Gasteiger partial charge in [-0.05, 0) is 62.1 Å². The molecule has 1 fully saturated rings. The summed E-state index contributed by atoms with van der Waals surface area (Å²) in [5.41, 5.74) is 6.11. The Kier molecular flexibility index (Phi) is 8.17. The lowest BCUT2D eigenvalue weighted by Gasteiger charge is -2.36. The number of amides is 3. The number of aryl methyl sites for hydroxylation is 1. The highest BCUT2D eigenvalue weighted by atomic mass is 79.9. The number of carbonyl (C=O) groups excluding carboxylic acids is 3. The fourth-order valence-corrected chi connectivity index (χ4v) is 5.53. The molecule has 0 atom stereocenters. The number of nitrogens with one attached hydrogen (secondary N) is 1. The van der Waals surface area contributed by atoms with Crippen LogP contribution in [0.15, 0.2) is 53.5 Å². The molecule has 0 radical (unpaired) electrons. The molecule has 1 aromatic heterocycles. The molecular weight excluding hydrogens is 532 g/mol. The van der Waals surface area contributed by atoms with Gasteiger partial charge in [0.25, 0.3) is 5.91 Å². The summed E-state index contributed by atoms with van der Waals surface area (Å²) >= 11 is 3.54. The van der Waals surface area contributed by atoms with E-state index in [0.29, 0.717) is 31.7 Å². The lowest BCUT2D eigenvalue weighted by molar-refractivity contribution is -0.128. The molecule has 0 saturated carbocycles. The summed E-state index contributed by atoms with van der Waals surface area (Å²) < 4.78 is 2.81. The van der Waals surface area contributed by atoms with Gasteiger partial charge >= 0.3 is 0 Å². The maximum atomic E-state index is 13.8. The van der Waals surface area contributed by atoms with E-state index in [1.165, 1.54) is 16.7 Å². The van der Waals surface area contributed by atoms with Crippen LogP contribution in [0.2, 0.25) is 0 Å². The third-order valence-corrected chi connectivity index (χ3v) is 7.51. The molecule has 2 aliphatic heterocycles. The van der Waals surface area contributed by atoms with Gasteiger partial charge in [-0.3, -0.25) is 14.4 Å². The van der Waals surface area contributed by atoms with Gasteiger partial charge in [0.2, 0.25) is 12.3 Å². The molecule has 0 unspecified atom stereocenters. The Bertz CT molecular complexity index is 1360. The first-order chi connectivity index (χ1) is 17.8. The Morgan fingerprint density at radius 3 is 2.62 bits per heavy atom. The lowest BCUT2D eigenvalue weighted by Crippen LogP contribution is -2.58. The van der Waals surface area contributed by atoms with E-state index in [1.807, 2.05) is 47.6 Å². The molecule has 3 aromatic rings. The largest absolute Gasteiger partial charge is 0.348 e. The molecule has 0 spiro atoms. The summed E-state index contributed by atoms with van der Waals surface area (Å²) in [6.45, 7) is 11.7. The number of nitrogens with zero attached hydrogens (tertiary/aromatic N) is 3. The number of carbonyl (C=O) groups is 3. The van der Waals surface area contributed by atoms with Crippen molar-refractivity contribution in [2.45, 2.75) is 46.3 Å². The van der Waals surface area contributed by atoms with Gasteiger partial charge in [0.15, 0.2) is 0 Å². The number of aromatic nitrogens is 1. The summed E-state index contributed by atoms with van der Waals surface area (Å²) in [6, 6.07) is 12.1. The smallest absolute Gasteiger partial charge is 0.256 e. The van der Waals surface area contributed by atoms with E-state index in [0.717, 1.165) is 33.9 Å². The molecule has 1 N–H and O–H groups in total. The van der Waals surface area contributed by atoms with Crippen LogP contribution in [0.25, 0.3) is 10.9 Å². The minimum Gasteiger partial charge on any atom is -0.348 e. The van der Waals surface area contributed by atoms with Crippen LogP contribution < -0.4 is 5.32 Å². The van der Waals surface area contributed by atoms with Crippen molar-refractivity contribution < 1.29 is 14.4 Å². The summed E-state index contributed by atoms with van der Waals surface area (Å²) in [5.74, 6) is -0.132. The predicted molar refractivity (Wildman–Crippen MR) is 149 cm³/mol. The van der Waals surface area contributed by atoms with Gasteiger partial charge in [-0.2, -0.15) is 0 Å². The Balaban J connectivity index is 0.00000102. The number of allylic oxidation sites excluding steroid dienone is 1. The number of hydrogen-bond donors (Lipinski definition) is 1. The van der Waals surface area contributed by atoms with Crippen molar-refractivity contribution in [1.82, 2.24) is 19.7 Å². The van der Waals surface area contributed by atoms with Gasteiger partial charge in [0.05, 0.1) is 11.6 Å². The summed E-state index contributed by atoms with van der Waals surface area (Å²) in [4.78, 5) is 40.9. The van der Waals surface area contributed by atoms with Gasteiger partial charge in [-0.25, -0.2) is 0 Å². The maximum Gasteiger partial charge on any atom is 0.256 e. The molecule has 2 aromatic carbocycles. The van der Waals surface area contributed by atoms with Crippen molar-refractivity contribution in [2.24, 2.45) is 0 Å². The zero-order valence-electron chi connectivity index (χ0n) is 21.6. The monoisotopic (exact) mass is 564 g/mol. The van der Waals surface area contributed by atoms with Crippen LogP contribution in [0.3, 0.4) is 0 Å². The van der Waals surface area contributed by atoms with E-state index in [2.05, 4.69) is 46.9 Å². The number of hydrogen-bond acceptors (Lipinski definition) is 3. The van der Waals surface area contributed by atoms with E-state index >= 15 is 0 Å². The maximum absolute atomic E-state index is 13.8. The molecular formula is C29H33BrN4O3. The predicted octanol–water partition coefficient (Wildman–Crippen LogP) is 4.37. The molecule has 37 heavy (non-hydrogen) atoms. The van der Waals surface area contributed by atoms with Gasteiger partial charge in [0.1, 0.15) is 6.54 Å².